The Hall–Kier alpha value is -0.410. The highest BCUT2D eigenvalue weighted by molar-refractivity contribution is 9.10. The zero-order chi connectivity index (χ0) is 10.1. The minimum Gasteiger partial charge on any atom is -0.327 e. The first-order valence-electron chi connectivity index (χ1n) is 5.03. The van der Waals surface area contributed by atoms with Crippen LogP contribution in [0, 0.1) is 11.8 Å². The maximum Gasteiger partial charge on any atom is 0.0420 e. The van der Waals surface area contributed by atoms with E-state index < -0.39 is 0 Å². The quantitative estimate of drug-likeness (QED) is 0.900. The van der Waals surface area contributed by atoms with E-state index in [2.05, 4.69) is 27.8 Å². The van der Waals surface area contributed by atoms with Crippen molar-refractivity contribution in [2.45, 2.75) is 25.8 Å². The summed E-state index contributed by atoms with van der Waals surface area (Å²) < 4.78 is 1.02. The molecule has 0 saturated heterocycles. The van der Waals surface area contributed by atoms with Crippen molar-refractivity contribution in [2.24, 2.45) is 17.6 Å². The van der Waals surface area contributed by atoms with Crippen LogP contribution in [0.2, 0.25) is 0 Å². The second kappa shape index (κ2) is 3.99. The van der Waals surface area contributed by atoms with Gasteiger partial charge in [-0.3, -0.25) is 4.98 Å². The molecule has 3 unspecified atom stereocenters. The van der Waals surface area contributed by atoms with E-state index in [9.17, 15) is 0 Å². The average Bonchev–Trinajstić information content (AvgIpc) is 2.87. The van der Waals surface area contributed by atoms with Gasteiger partial charge in [0.2, 0.25) is 0 Å². The molecule has 0 radical (unpaired) electrons. The summed E-state index contributed by atoms with van der Waals surface area (Å²) in [5.74, 6) is 1.54. The summed E-state index contributed by atoms with van der Waals surface area (Å²) in [6.45, 7) is 2.26. The third kappa shape index (κ3) is 2.34. The molecule has 2 rings (SSSR count). The molecular weight excluding hydrogens is 240 g/mol. The SMILES string of the molecule is CC1CC1C(N)Cc1ccc(Br)cn1. The predicted octanol–water partition coefficient (Wildman–Crippen LogP) is 2.37. The van der Waals surface area contributed by atoms with E-state index in [1.165, 1.54) is 6.42 Å². The third-order valence-corrected chi connectivity index (χ3v) is 3.42. The maximum absolute atomic E-state index is 6.09. The molecule has 0 amide bonds. The van der Waals surface area contributed by atoms with Crippen molar-refractivity contribution < 1.29 is 0 Å². The molecule has 1 aromatic rings. The van der Waals surface area contributed by atoms with Gasteiger partial charge < -0.3 is 5.73 Å². The molecule has 1 heterocycles. The predicted molar refractivity (Wildman–Crippen MR) is 60.9 cm³/mol. The van der Waals surface area contributed by atoms with Crippen LogP contribution in [0.25, 0.3) is 0 Å². The second-order valence-electron chi connectivity index (χ2n) is 4.21. The number of nitrogens with two attached hydrogens (primary N) is 1. The highest BCUT2D eigenvalue weighted by Gasteiger charge is 2.37. The van der Waals surface area contributed by atoms with Crippen LogP contribution in [-0.4, -0.2) is 11.0 Å². The van der Waals surface area contributed by atoms with E-state index in [0.29, 0.717) is 6.04 Å². The summed E-state index contributed by atoms with van der Waals surface area (Å²) in [4.78, 5) is 4.33. The van der Waals surface area contributed by atoms with E-state index in [-0.39, 0.29) is 0 Å². The first kappa shape index (κ1) is 10.1. The van der Waals surface area contributed by atoms with E-state index >= 15 is 0 Å². The molecule has 1 aliphatic rings. The van der Waals surface area contributed by atoms with E-state index in [0.717, 1.165) is 28.4 Å². The summed E-state index contributed by atoms with van der Waals surface area (Å²) in [6, 6.07) is 4.35. The number of halogens is 1. The fraction of sp³-hybridized carbons (Fsp3) is 0.545. The van der Waals surface area contributed by atoms with Crippen molar-refractivity contribution in [1.82, 2.24) is 4.98 Å². The van der Waals surface area contributed by atoms with Crippen LogP contribution in [-0.2, 0) is 6.42 Å². The third-order valence-electron chi connectivity index (χ3n) is 2.96. The fourth-order valence-corrected chi connectivity index (χ4v) is 2.10. The molecule has 0 bridgehead atoms. The van der Waals surface area contributed by atoms with Crippen molar-refractivity contribution in [3.63, 3.8) is 0 Å². The smallest absolute Gasteiger partial charge is 0.0420 e. The Balaban J connectivity index is 1.93. The normalized spacial score (nSPS) is 27.4. The minimum atomic E-state index is 0.290. The summed E-state index contributed by atoms with van der Waals surface area (Å²) >= 11 is 3.37. The first-order chi connectivity index (χ1) is 6.66. The minimum absolute atomic E-state index is 0.290. The topological polar surface area (TPSA) is 38.9 Å². The van der Waals surface area contributed by atoms with Crippen molar-refractivity contribution in [3.8, 4) is 0 Å². The van der Waals surface area contributed by atoms with Crippen LogP contribution in [0.15, 0.2) is 22.8 Å². The van der Waals surface area contributed by atoms with Crippen LogP contribution in [0.5, 0.6) is 0 Å². The van der Waals surface area contributed by atoms with Crippen LogP contribution in [0.3, 0.4) is 0 Å². The van der Waals surface area contributed by atoms with E-state index in [1.54, 1.807) is 0 Å². The number of hydrogen-bond acceptors (Lipinski definition) is 2. The summed E-state index contributed by atoms with van der Waals surface area (Å²) in [5.41, 5.74) is 7.18. The van der Waals surface area contributed by atoms with Crippen LogP contribution < -0.4 is 5.73 Å². The Labute approximate surface area is 93.0 Å². The van der Waals surface area contributed by atoms with Crippen LogP contribution in [0.1, 0.15) is 19.0 Å². The Kier molecular flexibility index (Phi) is 2.88. The lowest BCUT2D eigenvalue weighted by molar-refractivity contribution is 0.554. The van der Waals surface area contributed by atoms with Gasteiger partial charge in [0.25, 0.3) is 0 Å². The molecule has 0 aliphatic heterocycles. The molecule has 1 aromatic heterocycles. The Bertz CT molecular complexity index is 310. The fourth-order valence-electron chi connectivity index (χ4n) is 1.87. The number of rotatable bonds is 3. The second-order valence-corrected chi connectivity index (χ2v) is 5.13. The summed E-state index contributed by atoms with van der Waals surface area (Å²) in [6.07, 6.45) is 4.03. The molecule has 0 spiro atoms. The molecule has 3 heteroatoms. The Morgan fingerprint density at radius 1 is 1.64 bits per heavy atom. The van der Waals surface area contributed by atoms with Gasteiger partial charge in [-0.2, -0.15) is 0 Å². The van der Waals surface area contributed by atoms with Gasteiger partial charge >= 0.3 is 0 Å². The highest BCUT2D eigenvalue weighted by Crippen LogP contribution is 2.40. The Morgan fingerprint density at radius 3 is 2.86 bits per heavy atom. The van der Waals surface area contributed by atoms with Crippen LogP contribution in [0.4, 0.5) is 0 Å². The van der Waals surface area contributed by atoms with Gasteiger partial charge in [0.05, 0.1) is 0 Å². The lowest BCUT2D eigenvalue weighted by Crippen LogP contribution is -2.26. The van der Waals surface area contributed by atoms with Gasteiger partial charge in [0.15, 0.2) is 0 Å². The zero-order valence-corrected chi connectivity index (χ0v) is 9.87. The molecule has 2 nitrogen and oxygen atoms in total. The number of nitrogens with zero attached hydrogens (tertiary/aromatic N) is 1. The molecule has 1 saturated carbocycles. The van der Waals surface area contributed by atoms with Crippen molar-refractivity contribution in [3.05, 3.63) is 28.5 Å². The molecule has 2 N–H and O–H groups in total. The van der Waals surface area contributed by atoms with E-state index in [4.69, 9.17) is 5.73 Å². The standard InChI is InChI=1S/C11H15BrN2/c1-7-4-10(7)11(13)5-9-3-2-8(12)6-14-9/h2-3,6-7,10-11H,4-5,13H2,1H3. The zero-order valence-electron chi connectivity index (χ0n) is 8.28. The van der Waals surface area contributed by atoms with Gasteiger partial charge in [0, 0.05) is 28.8 Å². The maximum atomic E-state index is 6.09. The lowest BCUT2D eigenvalue weighted by atomic mass is 10.1. The van der Waals surface area contributed by atoms with Gasteiger partial charge in [-0.25, -0.2) is 0 Å². The summed E-state index contributed by atoms with van der Waals surface area (Å²) in [7, 11) is 0. The molecule has 76 valence electrons. The largest absolute Gasteiger partial charge is 0.327 e. The van der Waals surface area contributed by atoms with Gasteiger partial charge in [-0.15, -0.1) is 0 Å². The molecular formula is C11H15BrN2. The number of pyridine rings is 1. The number of hydrogen-bond donors (Lipinski definition) is 1. The summed E-state index contributed by atoms with van der Waals surface area (Å²) in [5, 5.41) is 0. The van der Waals surface area contributed by atoms with Gasteiger partial charge in [-0.1, -0.05) is 6.92 Å². The molecule has 1 aliphatic carbocycles. The van der Waals surface area contributed by atoms with Crippen molar-refractivity contribution in [2.75, 3.05) is 0 Å². The van der Waals surface area contributed by atoms with Gasteiger partial charge in [0.1, 0.15) is 0 Å². The van der Waals surface area contributed by atoms with Crippen molar-refractivity contribution >= 4 is 15.9 Å². The van der Waals surface area contributed by atoms with Gasteiger partial charge in [-0.05, 0) is 46.3 Å². The number of aromatic nitrogens is 1. The Morgan fingerprint density at radius 2 is 2.36 bits per heavy atom. The average molecular weight is 255 g/mol. The van der Waals surface area contributed by atoms with Crippen LogP contribution >= 0.6 is 15.9 Å². The highest BCUT2D eigenvalue weighted by atomic mass is 79.9. The lowest BCUT2D eigenvalue weighted by Gasteiger charge is -2.09. The molecule has 3 atom stereocenters. The monoisotopic (exact) mass is 254 g/mol. The first-order valence-corrected chi connectivity index (χ1v) is 5.82. The van der Waals surface area contributed by atoms with E-state index in [1.807, 2.05) is 18.3 Å². The molecule has 14 heavy (non-hydrogen) atoms. The molecule has 0 aromatic carbocycles. The van der Waals surface area contributed by atoms with Crippen molar-refractivity contribution in [1.29, 1.82) is 0 Å². The molecule has 1 fully saturated rings.